The zero-order valence-electron chi connectivity index (χ0n) is 41.3. The minimum Gasteiger partial charge on any atom is -0.379 e. The number of carbonyl (C=O) groups is 3. The highest BCUT2D eigenvalue weighted by molar-refractivity contribution is 6.05. The number of imide groups is 1. The summed E-state index contributed by atoms with van der Waals surface area (Å²) < 4.78 is 62.2. The highest BCUT2D eigenvalue weighted by Crippen LogP contribution is 2.38. The van der Waals surface area contributed by atoms with E-state index < -0.39 is 28.8 Å². The van der Waals surface area contributed by atoms with Gasteiger partial charge in [-0.2, -0.15) is 17.7 Å². The first kappa shape index (κ1) is 49.2. The van der Waals surface area contributed by atoms with Crippen molar-refractivity contribution in [2.24, 2.45) is 18.9 Å². The molecule has 0 bridgehead atoms. The number of alkyl halides is 3. The van der Waals surface area contributed by atoms with E-state index in [2.05, 4.69) is 41.2 Å². The molecule has 6 aliphatic heterocycles. The van der Waals surface area contributed by atoms with Gasteiger partial charge in [0.25, 0.3) is 0 Å². The molecule has 6 aliphatic rings. The molecule has 386 valence electrons. The largest absolute Gasteiger partial charge is 0.419 e. The summed E-state index contributed by atoms with van der Waals surface area (Å²) in [6.07, 6.45) is 6.74. The Labute approximate surface area is 421 Å². The number of hydrogen-bond donors (Lipinski definition) is 1. The number of nitrogens with zero attached hydrogens (tertiary/aromatic N) is 10. The lowest BCUT2D eigenvalue weighted by Crippen LogP contribution is -2.49. The van der Waals surface area contributed by atoms with Crippen LogP contribution in [0.5, 0.6) is 0 Å². The lowest BCUT2D eigenvalue weighted by Gasteiger charge is -2.41. The SMILES string of the molecule is Cn1cnnc1CC1(c2cccc(-n3cc4c(C(F)(F)F)cc(CN5CCCC(OCCN6CCC(CN7CCN(c8ccc9c(c8)C/[N+](=C\C8CCC(=O)NC8=O)C9=O)CC7)CC6)C5)cn4c3=O)c2)COC1. The van der Waals surface area contributed by atoms with Gasteiger partial charge in [0.15, 0.2) is 12.8 Å². The van der Waals surface area contributed by atoms with Crippen LogP contribution in [-0.2, 0) is 57.2 Å². The Balaban J connectivity index is 0.638. The number of piperidine rings is 3. The van der Waals surface area contributed by atoms with E-state index >= 15 is 0 Å². The van der Waals surface area contributed by atoms with Crippen molar-refractivity contribution in [3.63, 3.8) is 0 Å². The van der Waals surface area contributed by atoms with Gasteiger partial charge in [0.1, 0.15) is 23.6 Å². The van der Waals surface area contributed by atoms with Gasteiger partial charge in [0.05, 0.1) is 42.7 Å². The van der Waals surface area contributed by atoms with Crippen LogP contribution in [-0.4, -0.2) is 158 Å². The second-order valence-electron chi connectivity index (χ2n) is 21.1. The summed E-state index contributed by atoms with van der Waals surface area (Å²) in [5.41, 5.74) is 2.54. The van der Waals surface area contributed by atoms with Gasteiger partial charge in [0.2, 0.25) is 11.8 Å². The highest BCUT2D eigenvalue weighted by Gasteiger charge is 2.43. The number of ether oxygens (including phenoxy) is 2. The lowest BCUT2D eigenvalue weighted by molar-refractivity contribution is -0.434. The number of halogens is 3. The van der Waals surface area contributed by atoms with Crippen molar-refractivity contribution < 1.29 is 41.6 Å². The molecule has 0 aliphatic carbocycles. The predicted molar refractivity (Wildman–Crippen MR) is 264 cm³/mol. The maximum Gasteiger partial charge on any atom is 0.419 e. The number of amides is 3. The third kappa shape index (κ3) is 10.4. The number of carbonyl (C=O) groups excluding carboxylic acids is 3. The molecule has 0 spiro atoms. The normalized spacial score (nSPS) is 23.1. The summed E-state index contributed by atoms with van der Waals surface area (Å²) in [5, 5.41) is 10.6. The van der Waals surface area contributed by atoms with Gasteiger partial charge in [0, 0.05) is 101 Å². The number of hydrogen-bond acceptors (Lipinski definition) is 12. The van der Waals surface area contributed by atoms with Gasteiger partial charge in [-0.1, -0.05) is 12.1 Å². The number of fused-ring (bicyclic) bond motifs is 2. The number of anilines is 1. The maximum absolute atomic E-state index is 14.7. The van der Waals surface area contributed by atoms with Gasteiger partial charge >= 0.3 is 17.8 Å². The number of nitrogens with one attached hydrogen (secondary N) is 1. The summed E-state index contributed by atoms with van der Waals surface area (Å²) in [4.78, 5) is 60.6. The Hall–Kier alpha value is -6.06. The van der Waals surface area contributed by atoms with E-state index in [0.29, 0.717) is 68.5 Å². The summed E-state index contributed by atoms with van der Waals surface area (Å²) in [5.74, 6) is 0.201. The van der Waals surface area contributed by atoms with E-state index in [0.717, 1.165) is 112 Å². The first-order valence-electron chi connectivity index (χ1n) is 25.8. The van der Waals surface area contributed by atoms with E-state index in [1.54, 1.807) is 29.4 Å². The van der Waals surface area contributed by atoms with Crippen LogP contribution in [0.3, 0.4) is 0 Å². The number of pyridine rings is 1. The number of piperazine rings is 1. The van der Waals surface area contributed by atoms with Crippen molar-refractivity contribution in [3.05, 3.63) is 111 Å². The van der Waals surface area contributed by atoms with Gasteiger partial charge in [-0.25, -0.2) is 9.59 Å². The third-order valence-electron chi connectivity index (χ3n) is 16.1. The second kappa shape index (κ2) is 20.3. The third-order valence-corrected chi connectivity index (χ3v) is 16.1. The lowest BCUT2D eigenvalue weighted by atomic mass is 9.75. The molecule has 73 heavy (non-hydrogen) atoms. The summed E-state index contributed by atoms with van der Waals surface area (Å²) in [6.45, 7) is 11.2. The first-order valence-corrected chi connectivity index (χ1v) is 25.8. The first-order chi connectivity index (χ1) is 35.2. The molecule has 3 amide bonds. The fraction of sp³-hybridized carbons (Fsp3) is 0.528. The smallest absolute Gasteiger partial charge is 0.379 e. The fourth-order valence-electron chi connectivity index (χ4n) is 11.8. The minimum atomic E-state index is -4.67. The average molecular weight is 1010 g/mol. The van der Waals surface area contributed by atoms with E-state index in [1.807, 2.05) is 41.9 Å². The molecule has 2 atom stereocenters. The van der Waals surface area contributed by atoms with Crippen molar-refractivity contribution >= 4 is 35.1 Å². The maximum atomic E-state index is 14.7. The van der Waals surface area contributed by atoms with Crippen molar-refractivity contribution in [2.75, 3.05) is 90.2 Å². The number of imidazole rings is 1. The molecule has 5 fully saturated rings. The summed E-state index contributed by atoms with van der Waals surface area (Å²) in [7, 11) is 1.88. The van der Waals surface area contributed by atoms with Crippen molar-refractivity contribution in [2.45, 2.75) is 75.7 Å². The quantitative estimate of drug-likeness (QED) is 0.126. The molecule has 9 heterocycles. The number of aromatic nitrogens is 5. The monoisotopic (exact) mass is 1010 g/mol. The Kier molecular flexibility index (Phi) is 13.7. The predicted octanol–water partition coefficient (Wildman–Crippen LogP) is 4.05. The van der Waals surface area contributed by atoms with Gasteiger partial charge in [-0.15, -0.1) is 10.2 Å². The van der Waals surface area contributed by atoms with Crippen molar-refractivity contribution in [1.29, 1.82) is 0 Å². The topological polar surface area (TPSA) is 155 Å². The fourth-order valence-corrected chi connectivity index (χ4v) is 11.8. The number of rotatable bonds is 14. The van der Waals surface area contributed by atoms with Crippen LogP contribution < -0.4 is 15.9 Å². The van der Waals surface area contributed by atoms with E-state index in [-0.39, 0.29) is 42.3 Å². The van der Waals surface area contributed by atoms with Crippen LogP contribution in [0.25, 0.3) is 11.2 Å². The number of likely N-dealkylation sites (tertiary alicyclic amines) is 2. The van der Waals surface area contributed by atoms with Crippen molar-refractivity contribution in [3.8, 4) is 5.69 Å². The Bertz CT molecular complexity index is 2980. The van der Waals surface area contributed by atoms with Crippen LogP contribution in [0, 0.1) is 11.8 Å². The molecule has 0 saturated carbocycles. The van der Waals surface area contributed by atoms with E-state index in [1.165, 1.54) is 16.8 Å². The molecule has 5 aromatic rings. The molecule has 5 saturated heterocycles. The minimum absolute atomic E-state index is 0.0256. The Morgan fingerprint density at radius 2 is 1.73 bits per heavy atom. The van der Waals surface area contributed by atoms with Gasteiger partial charge < -0.3 is 23.8 Å². The van der Waals surface area contributed by atoms with Crippen molar-refractivity contribution in [1.82, 2.24) is 43.7 Å². The Morgan fingerprint density at radius 1 is 0.904 bits per heavy atom. The zero-order chi connectivity index (χ0) is 50.4. The number of benzene rings is 2. The van der Waals surface area contributed by atoms with Crippen LogP contribution in [0.1, 0.15) is 77.0 Å². The zero-order valence-corrected chi connectivity index (χ0v) is 41.3. The van der Waals surface area contributed by atoms with E-state index in [9.17, 15) is 32.3 Å². The molecule has 2 aromatic carbocycles. The Morgan fingerprint density at radius 3 is 2.47 bits per heavy atom. The van der Waals surface area contributed by atoms with Crippen LogP contribution in [0.2, 0.25) is 0 Å². The molecular weight excluding hydrogens is 944 g/mol. The molecular formula is C53H63F3N11O6+. The molecule has 0 radical (unpaired) electrons. The second-order valence-corrected chi connectivity index (χ2v) is 21.1. The average Bonchev–Trinajstić information content (AvgIpc) is 4.03. The highest BCUT2D eigenvalue weighted by atomic mass is 19.4. The molecule has 1 N–H and O–H groups in total. The molecule has 20 heteroatoms. The summed E-state index contributed by atoms with van der Waals surface area (Å²) in [6, 6.07) is 14.6. The van der Waals surface area contributed by atoms with Crippen LogP contribution in [0.15, 0.2) is 72.0 Å². The summed E-state index contributed by atoms with van der Waals surface area (Å²) >= 11 is 0. The molecule has 11 rings (SSSR count). The van der Waals surface area contributed by atoms with Crippen LogP contribution >= 0.6 is 0 Å². The molecule has 17 nitrogen and oxygen atoms in total. The van der Waals surface area contributed by atoms with E-state index in [4.69, 9.17) is 9.47 Å². The van der Waals surface area contributed by atoms with Gasteiger partial charge in [-0.05, 0) is 105 Å². The molecule has 3 aromatic heterocycles. The van der Waals surface area contributed by atoms with Crippen LogP contribution in [0.4, 0.5) is 18.9 Å². The standard InChI is InChI=1S/C53H62F3N11O6/c1-60-35-57-59-47(60)25-52(33-72-34-52)40-4-2-5-42(24-40)66-32-46-45(53(54,55)56)22-37(28-67(46)51(66)71)27-63-13-3-6-43(31-63)73-21-20-61-14-11-36(12-15-61)26-62-16-18-64(19-17-62)41-8-9-44-39(23-41)30-65(50(44)70)29-38-7-10-48(68)58-49(38)69/h2,4-5,8-9,22-24,28-29,32,35-36,38,43H,3,6-7,10-21,25-27,30-31,33-34H2,1H3/p+1/b65-29+. The number of aryl methyl sites for hydroxylation is 1. The van der Waals surface area contributed by atoms with Gasteiger partial charge in [-0.3, -0.25) is 33.7 Å². The molecule has 2 unspecified atom stereocenters.